The van der Waals surface area contributed by atoms with E-state index in [0.717, 1.165) is 54.4 Å². The van der Waals surface area contributed by atoms with Crippen LogP contribution in [0.4, 0.5) is 0 Å². The van der Waals surface area contributed by atoms with Crippen LogP contribution in [0.25, 0.3) is 0 Å². The molecule has 15 heteroatoms. The second-order valence-corrected chi connectivity index (χ2v) is 19.7. The maximum Gasteiger partial charge on any atom is 1.00 e. The van der Waals surface area contributed by atoms with Crippen molar-refractivity contribution in [3.63, 3.8) is 0 Å². The maximum atomic E-state index is 11.8. The van der Waals surface area contributed by atoms with Crippen LogP contribution in [0.15, 0.2) is 97.1 Å². The molecule has 424 valence electrons. The van der Waals surface area contributed by atoms with Crippen LogP contribution >= 0.6 is 0 Å². The molecule has 0 heterocycles. The number of aliphatic carboxylic acids is 2. The number of carbonyl (C=O) groups excluding carboxylic acids is 4. The van der Waals surface area contributed by atoms with Crippen molar-refractivity contribution >= 4 is 30.3 Å². The Kier molecular flexibility index (Phi) is 57.6. The first kappa shape index (κ1) is 88.6. The molecule has 0 saturated carbocycles. The molecular formula is C63H97LiNa2O12. The molecule has 0 saturated heterocycles. The smallest absolute Gasteiger partial charge is 0.870 e. The molecular weight excluding hydrogens is 1000 g/mol. The molecule has 0 amide bonds. The first-order valence-electron chi connectivity index (χ1n) is 25.8. The summed E-state index contributed by atoms with van der Waals surface area (Å²) in [6.45, 7) is 19.3. The van der Waals surface area contributed by atoms with E-state index >= 15 is 0 Å². The van der Waals surface area contributed by atoms with Crippen molar-refractivity contribution in [2.75, 3.05) is 14.2 Å². The van der Waals surface area contributed by atoms with E-state index < -0.39 is 28.2 Å². The van der Waals surface area contributed by atoms with Gasteiger partial charge in [-0.05, 0) is 124 Å². The predicted octanol–water partition coefficient (Wildman–Crippen LogP) is 3.78. The van der Waals surface area contributed by atoms with Gasteiger partial charge in [0.05, 0.1) is 37.4 Å². The summed E-state index contributed by atoms with van der Waals surface area (Å²) in [7, 11) is 2.86. The summed E-state index contributed by atoms with van der Waals surface area (Å²) in [5.41, 5.74) is 6.56. The number of carboxylic acid groups (broad SMARTS) is 2. The monoisotopic (exact) mass is 1100 g/mol. The first-order chi connectivity index (χ1) is 34.2. The summed E-state index contributed by atoms with van der Waals surface area (Å²) in [6, 6.07) is 32.3. The Morgan fingerprint density at radius 1 is 0.513 bits per heavy atom. The summed E-state index contributed by atoms with van der Waals surface area (Å²) >= 11 is 0. The number of rotatable bonds is 25. The molecule has 0 bridgehead atoms. The molecule has 0 unspecified atom stereocenters. The number of esters is 2. The van der Waals surface area contributed by atoms with Gasteiger partial charge in [-0.25, -0.2) is 0 Å². The van der Waals surface area contributed by atoms with E-state index in [0.29, 0.717) is 6.42 Å². The fourth-order valence-corrected chi connectivity index (χ4v) is 7.41. The van der Waals surface area contributed by atoms with Gasteiger partial charge in [-0.2, -0.15) is 0 Å². The molecule has 0 radical (unpaired) electrons. The van der Waals surface area contributed by atoms with Gasteiger partial charge in [0.1, 0.15) is 0 Å². The molecule has 4 aromatic rings. The Morgan fingerprint density at radius 2 is 0.808 bits per heavy atom. The second kappa shape index (κ2) is 50.7. The SMILES string of the molecule is C.C.CCCCCc1cccc(C(C)(C)C(=O)O)c1.CCCCCc1cccc(C(C)(C)C(=O)OC)c1.CCCCCc1cccc(C(C)(C)C(=O)[O-])c1.CCCCCc1cccc(CC(=O)OC)c1.O=CO[O-].[Li+].[Na+].[Na+].[OH-]. The van der Waals surface area contributed by atoms with Crippen LogP contribution < -0.4 is 88.3 Å². The van der Waals surface area contributed by atoms with Gasteiger partial charge in [0.25, 0.3) is 6.47 Å². The summed E-state index contributed by atoms with van der Waals surface area (Å²) in [6.07, 6.45) is 19.2. The number of ether oxygens (including phenoxy) is 2. The largest absolute Gasteiger partial charge is 1.00 e. The number of unbranched alkanes of at least 4 members (excludes halogenated alkanes) is 8. The normalized spacial score (nSPS) is 9.96. The van der Waals surface area contributed by atoms with Gasteiger partial charge in [-0.1, -0.05) is 205 Å². The van der Waals surface area contributed by atoms with Crippen molar-refractivity contribution < 1.29 is 137 Å². The van der Waals surface area contributed by atoms with Crippen LogP contribution in [-0.2, 0) is 86.7 Å². The van der Waals surface area contributed by atoms with E-state index in [1.807, 2.05) is 74.5 Å². The Morgan fingerprint density at radius 3 is 1.09 bits per heavy atom. The third-order valence-electron chi connectivity index (χ3n) is 12.6. The number of benzene rings is 4. The number of carboxylic acids is 2. The van der Waals surface area contributed by atoms with Gasteiger partial charge >= 0.3 is 95.9 Å². The van der Waals surface area contributed by atoms with Crippen molar-refractivity contribution in [2.24, 2.45) is 0 Å². The zero-order chi connectivity index (χ0) is 54.6. The number of methoxy groups -OCH3 is 2. The molecule has 0 aliphatic carbocycles. The fourth-order valence-electron chi connectivity index (χ4n) is 7.41. The van der Waals surface area contributed by atoms with Crippen molar-refractivity contribution in [3.8, 4) is 0 Å². The second-order valence-electron chi connectivity index (χ2n) is 19.7. The van der Waals surface area contributed by atoms with Gasteiger partial charge in [0.15, 0.2) is 0 Å². The van der Waals surface area contributed by atoms with Crippen molar-refractivity contribution in [3.05, 3.63) is 142 Å². The molecule has 12 nitrogen and oxygen atoms in total. The van der Waals surface area contributed by atoms with Crippen LogP contribution in [0, 0.1) is 0 Å². The van der Waals surface area contributed by atoms with Crippen LogP contribution in [0.5, 0.6) is 0 Å². The Balaban J connectivity index is -0.000000164. The predicted molar refractivity (Wildman–Crippen MR) is 301 cm³/mol. The third kappa shape index (κ3) is 36.2. The van der Waals surface area contributed by atoms with Gasteiger partial charge < -0.3 is 40.1 Å². The van der Waals surface area contributed by atoms with E-state index in [9.17, 15) is 29.4 Å². The summed E-state index contributed by atoms with van der Waals surface area (Å²) in [5, 5.41) is 28.7. The van der Waals surface area contributed by atoms with Gasteiger partial charge in [0.2, 0.25) is 0 Å². The molecule has 0 aliphatic rings. The molecule has 4 aromatic carbocycles. The van der Waals surface area contributed by atoms with Crippen LogP contribution in [0.1, 0.15) is 206 Å². The topological polar surface area (TPSA) is 209 Å². The fraction of sp³-hybridized carbons (Fsp3) is 0.540. The number of carbonyl (C=O) groups is 5. The molecule has 0 aliphatic heterocycles. The number of hydrogen-bond donors (Lipinski definition) is 1. The molecule has 78 heavy (non-hydrogen) atoms. The number of hydrogen-bond acceptors (Lipinski definition) is 11. The van der Waals surface area contributed by atoms with Gasteiger partial charge in [0, 0.05) is 5.41 Å². The minimum absolute atomic E-state index is 0. The molecule has 4 rings (SSSR count). The average molecular weight is 1100 g/mol. The third-order valence-corrected chi connectivity index (χ3v) is 12.6. The summed E-state index contributed by atoms with van der Waals surface area (Å²) in [5.74, 6) is -2.16. The Labute approximate surface area is 528 Å². The molecule has 2 N–H and O–H groups in total. The number of aryl methyl sites for hydroxylation is 4. The average Bonchev–Trinajstić information content (AvgIpc) is 3.37. The van der Waals surface area contributed by atoms with E-state index in [1.54, 1.807) is 27.7 Å². The summed E-state index contributed by atoms with van der Waals surface area (Å²) in [4.78, 5) is 56.4. The Bertz CT molecular complexity index is 2100. The van der Waals surface area contributed by atoms with Crippen LogP contribution in [-0.4, -0.2) is 55.2 Å². The molecule has 0 atom stereocenters. The standard InChI is InChI=1S/C16H24O2.2C15H22O2.C14H20O2.CH2O3.2CH4.Li.2Na.H2O/c1-5-6-7-9-13-10-8-11-14(12-13)16(2,3)15(17)18-4;2*1-4-5-6-8-12-9-7-10-13(11-12)15(2,3)14(16)17;1-3-4-5-7-12-8-6-9-13(10-12)11-14(15)16-2;2-1-4-3;;;;;;/h8,10-12H,5-7,9H2,1-4H3;2*7,9-11H,4-6,8H2,1-3H3,(H,16,17);6,8-10H,3-5,7,11H2,1-2H3;1,3H;2*1H4;;;;1H2/q;;;;;;;3*+1;/p-3. The van der Waals surface area contributed by atoms with E-state index in [1.165, 1.54) is 107 Å². The quantitative estimate of drug-likeness (QED) is 0.0251. The molecule has 0 fully saturated rings. The van der Waals surface area contributed by atoms with Crippen LogP contribution in [0.2, 0.25) is 0 Å². The van der Waals surface area contributed by atoms with Gasteiger partial charge in [-0.3, -0.25) is 19.2 Å². The van der Waals surface area contributed by atoms with Crippen molar-refractivity contribution in [1.29, 1.82) is 0 Å². The zero-order valence-corrected chi connectivity index (χ0v) is 53.3. The van der Waals surface area contributed by atoms with E-state index in [-0.39, 0.29) is 117 Å². The minimum atomic E-state index is -1.02. The summed E-state index contributed by atoms with van der Waals surface area (Å²) < 4.78 is 9.52. The van der Waals surface area contributed by atoms with Crippen molar-refractivity contribution in [2.45, 2.75) is 209 Å². The Hall–Kier alpha value is -3.25. The molecule has 0 aromatic heterocycles. The molecule has 0 spiro atoms. The van der Waals surface area contributed by atoms with E-state index in [2.05, 4.69) is 73.7 Å². The van der Waals surface area contributed by atoms with Gasteiger partial charge in [-0.15, -0.1) is 0 Å². The minimum Gasteiger partial charge on any atom is -0.870 e. The van der Waals surface area contributed by atoms with Crippen LogP contribution in [0.3, 0.4) is 0 Å². The van der Waals surface area contributed by atoms with E-state index in [4.69, 9.17) is 14.8 Å². The van der Waals surface area contributed by atoms with Crippen molar-refractivity contribution in [1.82, 2.24) is 0 Å². The zero-order valence-electron chi connectivity index (χ0n) is 49.3. The first-order valence-corrected chi connectivity index (χ1v) is 25.8. The maximum absolute atomic E-state index is 11.8.